The summed E-state index contributed by atoms with van der Waals surface area (Å²) in [5.74, 6) is -2.83. The number of fused-ring (bicyclic) bond motifs is 1. The molecule has 2 aliphatic carbocycles. The van der Waals surface area contributed by atoms with Gasteiger partial charge in [-0.2, -0.15) is 0 Å². The number of nitrogens with zero attached hydrogens (tertiary/aromatic N) is 2. The summed E-state index contributed by atoms with van der Waals surface area (Å²) in [4.78, 5) is 67.3. The van der Waals surface area contributed by atoms with E-state index in [9.17, 15) is 32.4 Å². The lowest BCUT2D eigenvalue weighted by molar-refractivity contribution is -0.145. The Morgan fingerprint density at radius 3 is 2.11 bits per heavy atom. The Hall–Kier alpha value is -3.00. The summed E-state index contributed by atoms with van der Waals surface area (Å²) in [5, 5.41) is 8.30. The number of ketones is 1. The van der Waals surface area contributed by atoms with Crippen LogP contribution in [0.1, 0.15) is 74.1 Å². The maximum absolute atomic E-state index is 14.2. The van der Waals surface area contributed by atoms with E-state index in [2.05, 4.69) is 22.5 Å². The molecule has 5 N–H and O–H groups in total. The van der Waals surface area contributed by atoms with Crippen molar-refractivity contribution in [2.75, 3.05) is 25.9 Å². The van der Waals surface area contributed by atoms with E-state index in [0.29, 0.717) is 18.5 Å². The van der Waals surface area contributed by atoms with Crippen molar-refractivity contribution in [2.45, 2.75) is 98.3 Å². The van der Waals surface area contributed by atoms with E-state index < -0.39 is 69.1 Å². The lowest BCUT2D eigenvalue weighted by Gasteiger charge is -2.38. The largest absolute Gasteiger partial charge is 0.363 e. The van der Waals surface area contributed by atoms with Crippen LogP contribution in [0.4, 0.5) is 4.79 Å². The van der Waals surface area contributed by atoms with Gasteiger partial charge in [0.2, 0.25) is 27.6 Å². The molecule has 0 aromatic carbocycles. The molecule has 5 amide bonds. The number of hydrogen-bond donors (Lipinski definition) is 4. The first-order valence-corrected chi connectivity index (χ1v) is 17.6. The third-order valence-electron chi connectivity index (χ3n) is 9.93. The zero-order valence-electron chi connectivity index (χ0n) is 27.9. The first-order chi connectivity index (χ1) is 20.6. The van der Waals surface area contributed by atoms with Crippen molar-refractivity contribution in [3.63, 3.8) is 0 Å². The number of urea groups is 1. The van der Waals surface area contributed by atoms with E-state index in [1.54, 1.807) is 34.6 Å². The molecule has 3 rings (SSSR count). The summed E-state index contributed by atoms with van der Waals surface area (Å²) in [5.41, 5.74) is 4.86. The Labute approximate surface area is 267 Å². The number of primary amides is 1. The summed E-state index contributed by atoms with van der Waals surface area (Å²) in [6.07, 6.45) is 4.24. The van der Waals surface area contributed by atoms with E-state index in [0.717, 1.165) is 25.5 Å². The molecule has 13 nitrogen and oxygen atoms in total. The Morgan fingerprint density at radius 2 is 1.67 bits per heavy atom. The van der Waals surface area contributed by atoms with Crippen molar-refractivity contribution in [3.8, 4) is 0 Å². The van der Waals surface area contributed by atoms with Gasteiger partial charge in [0, 0.05) is 19.6 Å². The molecule has 0 radical (unpaired) electrons. The van der Waals surface area contributed by atoms with Gasteiger partial charge in [-0.1, -0.05) is 73.0 Å². The van der Waals surface area contributed by atoms with Crippen molar-refractivity contribution in [1.29, 1.82) is 0 Å². The summed E-state index contributed by atoms with van der Waals surface area (Å²) >= 11 is 0. The molecule has 254 valence electrons. The number of likely N-dealkylation sites (N-methyl/N-ethyl adjacent to an activating group) is 1. The molecule has 0 aromatic heterocycles. The molecule has 45 heavy (non-hydrogen) atoms. The normalized spacial score (nSPS) is 24.5. The SMILES string of the molecule is C=C(C)[C@@H](CN(CC)S(C)(=O)=O)NC(=O)N[C@H](C(=O)N1C[C@H]2[C@@H]([C@H]1C(=O)NC(CC1CCC1)C(=O)C(N)=O)C2(C)C)C(C)(C)C. The molecule has 1 heterocycles. The number of likely N-dealkylation sites (tertiary alicyclic amines) is 1. The third-order valence-corrected chi connectivity index (χ3v) is 11.3. The minimum Gasteiger partial charge on any atom is -0.363 e. The van der Waals surface area contributed by atoms with Gasteiger partial charge in [-0.3, -0.25) is 19.2 Å². The van der Waals surface area contributed by atoms with E-state index in [4.69, 9.17) is 5.73 Å². The molecule has 0 spiro atoms. The number of carbonyl (C=O) groups excluding carboxylic acids is 5. The van der Waals surface area contributed by atoms with Gasteiger partial charge in [0.15, 0.2) is 0 Å². The van der Waals surface area contributed by atoms with Crippen LogP contribution in [0.2, 0.25) is 0 Å². The van der Waals surface area contributed by atoms with Gasteiger partial charge < -0.3 is 26.6 Å². The van der Waals surface area contributed by atoms with Gasteiger partial charge in [0.25, 0.3) is 5.91 Å². The number of Topliss-reactive ketones (excluding diaryl/α,β-unsaturated/α-hetero) is 1. The van der Waals surface area contributed by atoms with E-state index in [-0.39, 0.29) is 36.3 Å². The number of piperidine rings is 1. The maximum Gasteiger partial charge on any atom is 0.315 e. The Morgan fingerprint density at radius 1 is 1.07 bits per heavy atom. The summed E-state index contributed by atoms with van der Waals surface area (Å²) in [7, 11) is -3.52. The second-order valence-electron chi connectivity index (χ2n) is 14.7. The number of rotatable bonds is 14. The quantitative estimate of drug-likeness (QED) is 0.160. The Kier molecular flexibility index (Phi) is 10.8. The van der Waals surface area contributed by atoms with Crippen molar-refractivity contribution < 1.29 is 32.4 Å². The fourth-order valence-corrected chi connectivity index (χ4v) is 7.60. The van der Waals surface area contributed by atoms with Crippen LogP contribution in [0.15, 0.2) is 12.2 Å². The molecule has 3 aliphatic rings. The first-order valence-electron chi connectivity index (χ1n) is 15.7. The smallest absolute Gasteiger partial charge is 0.315 e. The zero-order valence-corrected chi connectivity index (χ0v) is 28.8. The highest BCUT2D eigenvalue weighted by Crippen LogP contribution is 2.65. The van der Waals surface area contributed by atoms with Gasteiger partial charge in [-0.05, 0) is 41.9 Å². The van der Waals surface area contributed by atoms with Crippen LogP contribution in [-0.2, 0) is 29.2 Å². The van der Waals surface area contributed by atoms with E-state index in [1.807, 2.05) is 13.8 Å². The molecular weight excluding hydrogens is 600 g/mol. The monoisotopic (exact) mass is 652 g/mol. The minimum atomic E-state index is -3.52. The minimum absolute atomic E-state index is 0.0227. The first kappa shape index (κ1) is 36.5. The maximum atomic E-state index is 14.2. The average molecular weight is 653 g/mol. The molecule has 1 aliphatic heterocycles. The second kappa shape index (κ2) is 13.4. The van der Waals surface area contributed by atoms with Crippen LogP contribution < -0.4 is 21.7 Å². The number of sulfonamides is 1. The van der Waals surface area contributed by atoms with Crippen LogP contribution in [0.3, 0.4) is 0 Å². The van der Waals surface area contributed by atoms with Crippen molar-refractivity contribution in [2.24, 2.45) is 34.3 Å². The van der Waals surface area contributed by atoms with Crippen LogP contribution in [0.25, 0.3) is 0 Å². The molecule has 0 aromatic rings. The molecule has 6 atom stereocenters. The van der Waals surface area contributed by atoms with Gasteiger partial charge in [-0.15, -0.1) is 0 Å². The predicted molar refractivity (Wildman–Crippen MR) is 170 cm³/mol. The lowest BCUT2D eigenvalue weighted by Crippen LogP contribution is -2.62. The van der Waals surface area contributed by atoms with Gasteiger partial charge in [-0.25, -0.2) is 17.5 Å². The molecular formula is C31H52N6O7S. The topological polar surface area (TPSA) is 188 Å². The Bertz CT molecular complexity index is 1320. The standard InChI is InChI=1S/C31H52N6O7S/c1-10-36(45(9,43)44)16-21(17(2)3)34-29(42)35-25(30(4,5)6)28(41)37-15-19-22(31(19,7)8)23(37)27(40)33-20(24(38)26(32)39)14-18-12-11-13-18/h18-23,25H,2,10-16H2,1,3-9H3,(H2,32,39)(H,33,40)(H2,34,35,42)/t19-,20?,21+,22-,23-,25+/m0/s1. The summed E-state index contributed by atoms with van der Waals surface area (Å²) < 4.78 is 25.6. The molecule has 2 saturated carbocycles. The molecule has 1 saturated heterocycles. The molecule has 14 heteroatoms. The zero-order chi connectivity index (χ0) is 34.2. The van der Waals surface area contributed by atoms with Crippen molar-refractivity contribution >= 4 is 39.6 Å². The van der Waals surface area contributed by atoms with Crippen molar-refractivity contribution in [1.82, 2.24) is 25.2 Å². The second-order valence-corrected chi connectivity index (χ2v) is 16.7. The molecule has 0 bridgehead atoms. The highest BCUT2D eigenvalue weighted by atomic mass is 32.2. The summed E-state index contributed by atoms with van der Waals surface area (Å²) in [6.45, 7) is 17.2. The average Bonchev–Trinajstić information content (AvgIpc) is 3.20. The van der Waals surface area contributed by atoms with Crippen LogP contribution in [0, 0.1) is 28.6 Å². The molecule has 1 unspecified atom stereocenters. The molecule has 3 fully saturated rings. The number of nitrogens with one attached hydrogen (secondary N) is 3. The van der Waals surface area contributed by atoms with Gasteiger partial charge in [0.1, 0.15) is 12.1 Å². The number of hydrogen-bond acceptors (Lipinski definition) is 7. The fourth-order valence-electron chi connectivity index (χ4n) is 6.71. The fraction of sp³-hybridized carbons (Fsp3) is 0.774. The Balaban J connectivity index is 1.82. The van der Waals surface area contributed by atoms with Crippen molar-refractivity contribution in [3.05, 3.63) is 12.2 Å². The van der Waals surface area contributed by atoms with Crippen LogP contribution in [-0.4, -0.2) is 97.2 Å². The van der Waals surface area contributed by atoms with E-state index in [1.165, 1.54) is 9.21 Å². The van der Waals surface area contributed by atoms with E-state index >= 15 is 0 Å². The third kappa shape index (κ3) is 8.24. The lowest BCUT2D eigenvalue weighted by atomic mass is 9.80. The highest BCUT2D eigenvalue weighted by molar-refractivity contribution is 7.88. The van der Waals surface area contributed by atoms with Gasteiger partial charge in [0.05, 0.1) is 18.3 Å². The highest BCUT2D eigenvalue weighted by Gasteiger charge is 2.70. The number of amides is 5. The van der Waals surface area contributed by atoms with Gasteiger partial charge >= 0.3 is 6.03 Å². The predicted octanol–water partition coefficient (Wildman–Crippen LogP) is 1.14. The number of carbonyl (C=O) groups is 5. The van der Waals surface area contributed by atoms with Crippen LogP contribution in [0.5, 0.6) is 0 Å². The summed E-state index contributed by atoms with van der Waals surface area (Å²) in [6, 6.07) is -4.40. The van der Waals surface area contributed by atoms with Crippen LogP contribution >= 0.6 is 0 Å². The number of nitrogens with two attached hydrogens (primary N) is 1.